The summed E-state index contributed by atoms with van der Waals surface area (Å²) in [4.78, 5) is 15.2. The molecule has 1 aromatic heterocycles. The standard InChI is InChI=1S/C32H34N4O4S/c1-23-7-9-26(10-8-23)30-33-34-31(40-30)27-11-13-28(14-12-27)32(37)35-19-21-36(22-20-35)41(38,39)29-17-15-25(16-18-29)24-5-3-2-4-6-24/h7-18,24H,2-6,19-22H2,1H3. The average molecular weight is 571 g/mol. The average Bonchev–Trinajstić information content (AvgIpc) is 3.52. The number of hydrogen-bond acceptors (Lipinski definition) is 6. The van der Waals surface area contributed by atoms with E-state index in [1.165, 1.54) is 42.0 Å². The second-order valence-electron chi connectivity index (χ2n) is 11.0. The molecule has 3 aromatic carbocycles. The van der Waals surface area contributed by atoms with E-state index in [1.54, 1.807) is 41.3 Å². The van der Waals surface area contributed by atoms with Gasteiger partial charge in [-0.15, -0.1) is 10.2 Å². The molecule has 1 saturated heterocycles. The first-order chi connectivity index (χ1) is 19.9. The highest BCUT2D eigenvalue weighted by atomic mass is 32.2. The van der Waals surface area contributed by atoms with Gasteiger partial charge in [0.05, 0.1) is 4.90 Å². The molecule has 4 aromatic rings. The van der Waals surface area contributed by atoms with Crippen molar-refractivity contribution < 1.29 is 17.6 Å². The van der Waals surface area contributed by atoms with Crippen molar-refractivity contribution in [2.24, 2.45) is 0 Å². The van der Waals surface area contributed by atoms with Gasteiger partial charge >= 0.3 is 0 Å². The van der Waals surface area contributed by atoms with Crippen molar-refractivity contribution in [1.82, 2.24) is 19.4 Å². The Labute approximate surface area is 241 Å². The monoisotopic (exact) mass is 570 g/mol. The molecule has 1 aliphatic heterocycles. The molecule has 41 heavy (non-hydrogen) atoms. The molecule has 1 aliphatic carbocycles. The van der Waals surface area contributed by atoms with Crippen LogP contribution < -0.4 is 0 Å². The van der Waals surface area contributed by atoms with Crippen LogP contribution in [0.15, 0.2) is 82.1 Å². The zero-order valence-corrected chi connectivity index (χ0v) is 24.0. The third-order valence-electron chi connectivity index (χ3n) is 8.22. The molecule has 8 nitrogen and oxygen atoms in total. The number of nitrogens with zero attached hydrogens (tertiary/aromatic N) is 4. The van der Waals surface area contributed by atoms with Gasteiger partial charge in [-0.3, -0.25) is 4.79 Å². The van der Waals surface area contributed by atoms with E-state index in [-0.39, 0.29) is 19.0 Å². The van der Waals surface area contributed by atoms with Crippen LogP contribution in [0.3, 0.4) is 0 Å². The van der Waals surface area contributed by atoms with Crippen LogP contribution in [0.25, 0.3) is 22.9 Å². The van der Waals surface area contributed by atoms with Gasteiger partial charge in [-0.2, -0.15) is 4.31 Å². The van der Waals surface area contributed by atoms with Gasteiger partial charge in [0, 0.05) is 42.9 Å². The Morgan fingerprint density at radius 2 is 1.32 bits per heavy atom. The number of carbonyl (C=O) groups excluding carboxylic acids is 1. The van der Waals surface area contributed by atoms with Gasteiger partial charge in [0.1, 0.15) is 0 Å². The number of aromatic nitrogens is 2. The van der Waals surface area contributed by atoms with Crippen molar-refractivity contribution in [3.63, 3.8) is 0 Å². The van der Waals surface area contributed by atoms with E-state index in [0.717, 1.165) is 16.7 Å². The molecule has 212 valence electrons. The third-order valence-corrected chi connectivity index (χ3v) is 10.1. The van der Waals surface area contributed by atoms with Crippen molar-refractivity contribution in [3.8, 4) is 22.9 Å². The highest BCUT2D eigenvalue weighted by Gasteiger charge is 2.31. The molecule has 9 heteroatoms. The fourth-order valence-corrected chi connectivity index (χ4v) is 7.14. The first kappa shape index (κ1) is 27.4. The molecule has 2 aliphatic rings. The van der Waals surface area contributed by atoms with Gasteiger partial charge in [-0.25, -0.2) is 8.42 Å². The van der Waals surface area contributed by atoms with Crippen LogP contribution in [-0.2, 0) is 10.0 Å². The lowest BCUT2D eigenvalue weighted by molar-refractivity contribution is 0.0698. The zero-order valence-electron chi connectivity index (χ0n) is 23.2. The van der Waals surface area contributed by atoms with Crippen LogP contribution in [0.5, 0.6) is 0 Å². The zero-order chi connectivity index (χ0) is 28.4. The summed E-state index contributed by atoms with van der Waals surface area (Å²) in [5, 5.41) is 8.31. The summed E-state index contributed by atoms with van der Waals surface area (Å²) in [6, 6.07) is 22.3. The Hall–Kier alpha value is -3.82. The summed E-state index contributed by atoms with van der Waals surface area (Å²) in [7, 11) is -3.61. The van der Waals surface area contributed by atoms with Crippen molar-refractivity contribution >= 4 is 15.9 Å². The quantitative estimate of drug-likeness (QED) is 0.286. The van der Waals surface area contributed by atoms with Gasteiger partial charge in [-0.05, 0) is 79.8 Å². The smallest absolute Gasteiger partial charge is 0.253 e. The number of aryl methyl sites for hydroxylation is 1. The van der Waals surface area contributed by atoms with Crippen LogP contribution in [0.1, 0.15) is 59.5 Å². The van der Waals surface area contributed by atoms with Crippen molar-refractivity contribution in [3.05, 3.63) is 89.5 Å². The van der Waals surface area contributed by atoms with Gasteiger partial charge in [0.25, 0.3) is 5.91 Å². The molecule has 0 unspecified atom stereocenters. The minimum atomic E-state index is -3.61. The maximum Gasteiger partial charge on any atom is 0.253 e. The fourth-order valence-electron chi connectivity index (χ4n) is 5.72. The van der Waals surface area contributed by atoms with Gasteiger partial charge in [-0.1, -0.05) is 49.1 Å². The molecule has 1 saturated carbocycles. The van der Waals surface area contributed by atoms with E-state index in [0.29, 0.717) is 41.2 Å². The van der Waals surface area contributed by atoms with Crippen LogP contribution in [0, 0.1) is 6.92 Å². The number of hydrogen-bond donors (Lipinski definition) is 0. The molecule has 0 atom stereocenters. The highest BCUT2D eigenvalue weighted by Crippen LogP contribution is 2.33. The molecule has 0 N–H and O–H groups in total. The molecular formula is C32H34N4O4S. The number of piperazine rings is 1. The Kier molecular flexibility index (Phi) is 7.73. The molecule has 1 amide bonds. The summed E-state index contributed by atoms with van der Waals surface area (Å²) in [5.74, 6) is 1.22. The number of benzene rings is 3. The van der Waals surface area contributed by atoms with Crippen molar-refractivity contribution in [1.29, 1.82) is 0 Å². The molecule has 0 bridgehead atoms. The van der Waals surface area contributed by atoms with Crippen molar-refractivity contribution in [2.45, 2.75) is 49.8 Å². The second kappa shape index (κ2) is 11.6. The number of amides is 1. The van der Waals surface area contributed by atoms with Gasteiger partial charge in [0.2, 0.25) is 21.8 Å². The molecule has 0 radical (unpaired) electrons. The fraction of sp³-hybridized carbons (Fsp3) is 0.344. The summed E-state index contributed by atoms with van der Waals surface area (Å²) in [6.45, 7) is 3.22. The highest BCUT2D eigenvalue weighted by molar-refractivity contribution is 7.89. The van der Waals surface area contributed by atoms with E-state index in [2.05, 4.69) is 10.2 Å². The molecule has 0 spiro atoms. The summed E-state index contributed by atoms with van der Waals surface area (Å²) >= 11 is 0. The first-order valence-corrected chi connectivity index (χ1v) is 15.7. The summed E-state index contributed by atoms with van der Waals surface area (Å²) in [5.41, 5.74) is 4.48. The molecule has 6 rings (SSSR count). The normalized spacial score (nSPS) is 17.0. The Balaban J connectivity index is 1.06. The second-order valence-corrected chi connectivity index (χ2v) is 12.9. The SMILES string of the molecule is Cc1ccc(-c2nnc(-c3ccc(C(=O)N4CCN(S(=O)(=O)c5ccc(C6CCCCC6)cc5)CC4)cc3)o2)cc1. The minimum Gasteiger partial charge on any atom is -0.416 e. The molecule has 2 fully saturated rings. The number of rotatable bonds is 6. The Morgan fingerprint density at radius 1 is 0.756 bits per heavy atom. The number of carbonyl (C=O) groups is 1. The minimum absolute atomic E-state index is 0.128. The molecular weight excluding hydrogens is 536 g/mol. The van der Waals surface area contributed by atoms with E-state index in [1.807, 2.05) is 43.3 Å². The lowest BCUT2D eigenvalue weighted by Crippen LogP contribution is -2.50. The Bertz CT molecular complexity index is 1600. The lowest BCUT2D eigenvalue weighted by atomic mass is 9.84. The van der Waals surface area contributed by atoms with Crippen LogP contribution in [-0.4, -0.2) is 59.9 Å². The number of sulfonamides is 1. The lowest BCUT2D eigenvalue weighted by Gasteiger charge is -2.34. The van der Waals surface area contributed by atoms with E-state index >= 15 is 0 Å². The van der Waals surface area contributed by atoms with Crippen LogP contribution in [0.4, 0.5) is 0 Å². The maximum absolute atomic E-state index is 13.3. The largest absolute Gasteiger partial charge is 0.416 e. The van der Waals surface area contributed by atoms with Crippen LogP contribution in [0.2, 0.25) is 0 Å². The van der Waals surface area contributed by atoms with Crippen molar-refractivity contribution in [2.75, 3.05) is 26.2 Å². The summed E-state index contributed by atoms with van der Waals surface area (Å²) in [6.07, 6.45) is 6.13. The van der Waals surface area contributed by atoms with Gasteiger partial charge < -0.3 is 9.32 Å². The van der Waals surface area contributed by atoms with E-state index < -0.39 is 10.0 Å². The van der Waals surface area contributed by atoms with Gasteiger partial charge in [0.15, 0.2) is 0 Å². The topological polar surface area (TPSA) is 96.6 Å². The summed E-state index contributed by atoms with van der Waals surface area (Å²) < 4.78 is 33.9. The predicted octanol–water partition coefficient (Wildman–Crippen LogP) is 5.91. The molecule has 2 heterocycles. The van der Waals surface area contributed by atoms with E-state index in [4.69, 9.17) is 4.42 Å². The van der Waals surface area contributed by atoms with E-state index in [9.17, 15) is 13.2 Å². The first-order valence-electron chi connectivity index (χ1n) is 14.3. The third kappa shape index (κ3) is 5.83. The van der Waals surface area contributed by atoms with Crippen LogP contribution >= 0.6 is 0 Å². The predicted molar refractivity (Wildman–Crippen MR) is 157 cm³/mol. The maximum atomic E-state index is 13.3. The Morgan fingerprint density at radius 3 is 1.90 bits per heavy atom.